The number of carboxylic acids is 1. The second-order valence-electron chi connectivity index (χ2n) is 7.00. The summed E-state index contributed by atoms with van der Waals surface area (Å²) < 4.78 is 5.26. The molecule has 1 unspecified atom stereocenters. The van der Waals surface area contributed by atoms with Gasteiger partial charge in [0, 0.05) is 6.42 Å². The summed E-state index contributed by atoms with van der Waals surface area (Å²) in [6, 6.07) is 3.68. The molecule has 0 amide bonds. The van der Waals surface area contributed by atoms with Crippen LogP contribution in [-0.4, -0.2) is 11.1 Å². The van der Waals surface area contributed by atoms with Gasteiger partial charge in [-0.1, -0.05) is 84.0 Å². The Hall–Kier alpha value is -1.25. The highest BCUT2D eigenvalue weighted by Crippen LogP contribution is 2.18. The molecule has 0 saturated heterocycles. The topological polar surface area (TPSA) is 50.4 Å². The van der Waals surface area contributed by atoms with Gasteiger partial charge in [-0.15, -0.1) is 0 Å². The van der Waals surface area contributed by atoms with E-state index in [0.717, 1.165) is 25.0 Å². The van der Waals surface area contributed by atoms with Crippen molar-refractivity contribution in [1.82, 2.24) is 0 Å². The molecule has 24 heavy (non-hydrogen) atoms. The van der Waals surface area contributed by atoms with Gasteiger partial charge < -0.3 is 9.52 Å². The first-order chi connectivity index (χ1) is 11.7. The van der Waals surface area contributed by atoms with Gasteiger partial charge in [-0.25, -0.2) is 0 Å². The molecule has 1 heterocycles. The Balaban J connectivity index is 1.93. The van der Waals surface area contributed by atoms with Crippen molar-refractivity contribution in [1.29, 1.82) is 0 Å². The lowest BCUT2D eigenvalue weighted by Crippen LogP contribution is -2.16. The molecule has 0 aromatic carbocycles. The molecule has 1 N–H and O–H groups in total. The predicted octanol–water partition coefficient (Wildman–Crippen LogP) is 6.61. The minimum atomic E-state index is -0.700. The van der Waals surface area contributed by atoms with Crippen LogP contribution in [0, 0.1) is 5.92 Å². The number of unbranched alkanes of at least 4 members (excludes halogenated alkanes) is 11. The number of carbonyl (C=O) groups is 1. The molecule has 1 aromatic heterocycles. The highest BCUT2D eigenvalue weighted by atomic mass is 16.4. The SMILES string of the molecule is CCCCCCCCCCCCCCC(Cc1ccco1)C(=O)O. The number of rotatable bonds is 16. The second-order valence-corrected chi connectivity index (χ2v) is 7.00. The zero-order chi connectivity index (χ0) is 17.5. The van der Waals surface area contributed by atoms with E-state index in [0.29, 0.717) is 6.42 Å². The fraction of sp³-hybridized carbons (Fsp3) is 0.762. The molecule has 0 aliphatic heterocycles. The summed E-state index contributed by atoms with van der Waals surface area (Å²) in [5.74, 6) is -0.227. The number of furan rings is 1. The summed E-state index contributed by atoms with van der Waals surface area (Å²) in [7, 11) is 0. The molecular weight excluding hydrogens is 300 g/mol. The van der Waals surface area contributed by atoms with Gasteiger partial charge in [0.25, 0.3) is 0 Å². The first kappa shape index (κ1) is 20.8. The monoisotopic (exact) mass is 336 g/mol. The fourth-order valence-corrected chi connectivity index (χ4v) is 3.22. The normalized spacial score (nSPS) is 12.4. The van der Waals surface area contributed by atoms with Crippen LogP contribution in [0.2, 0.25) is 0 Å². The average Bonchev–Trinajstić information content (AvgIpc) is 3.07. The van der Waals surface area contributed by atoms with Gasteiger partial charge >= 0.3 is 5.97 Å². The minimum absolute atomic E-state index is 0.306. The van der Waals surface area contributed by atoms with Crippen LogP contribution in [0.1, 0.15) is 96.2 Å². The Kier molecular flexibility index (Phi) is 12.2. The van der Waals surface area contributed by atoms with Crippen molar-refractivity contribution in [2.75, 3.05) is 0 Å². The molecule has 3 nitrogen and oxygen atoms in total. The van der Waals surface area contributed by atoms with E-state index in [2.05, 4.69) is 6.92 Å². The third kappa shape index (κ3) is 10.5. The smallest absolute Gasteiger partial charge is 0.306 e. The van der Waals surface area contributed by atoms with E-state index in [1.165, 1.54) is 64.2 Å². The van der Waals surface area contributed by atoms with Crippen molar-refractivity contribution in [2.45, 2.75) is 96.8 Å². The summed E-state index contributed by atoms with van der Waals surface area (Å²) in [4.78, 5) is 11.3. The first-order valence-electron chi connectivity index (χ1n) is 9.99. The Morgan fingerprint density at radius 1 is 0.958 bits per heavy atom. The summed E-state index contributed by atoms with van der Waals surface area (Å²) in [5.41, 5.74) is 0. The largest absolute Gasteiger partial charge is 0.481 e. The lowest BCUT2D eigenvalue weighted by Gasteiger charge is -2.10. The fourth-order valence-electron chi connectivity index (χ4n) is 3.22. The van der Waals surface area contributed by atoms with Crippen LogP contribution in [0.4, 0.5) is 0 Å². The minimum Gasteiger partial charge on any atom is -0.481 e. The molecule has 1 aromatic rings. The van der Waals surface area contributed by atoms with Gasteiger partial charge in [-0.3, -0.25) is 4.79 Å². The molecule has 0 fully saturated rings. The number of aliphatic carboxylic acids is 1. The number of carboxylic acid groups (broad SMARTS) is 1. The molecule has 138 valence electrons. The van der Waals surface area contributed by atoms with Crippen LogP contribution in [0.25, 0.3) is 0 Å². The molecular formula is C21H36O3. The van der Waals surface area contributed by atoms with Gasteiger partial charge in [0.1, 0.15) is 5.76 Å². The molecule has 0 radical (unpaired) electrons. The maximum Gasteiger partial charge on any atom is 0.306 e. The van der Waals surface area contributed by atoms with Crippen molar-refractivity contribution in [2.24, 2.45) is 5.92 Å². The van der Waals surface area contributed by atoms with Crippen LogP contribution >= 0.6 is 0 Å². The zero-order valence-corrected chi connectivity index (χ0v) is 15.5. The average molecular weight is 337 g/mol. The van der Waals surface area contributed by atoms with E-state index in [4.69, 9.17) is 4.42 Å². The first-order valence-corrected chi connectivity index (χ1v) is 9.99. The van der Waals surface area contributed by atoms with Gasteiger partial charge in [0.2, 0.25) is 0 Å². The van der Waals surface area contributed by atoms with Crippen molar-refractivity contribution >= 4 is 5.97 Å². The van der Waals surface area contributed by atoms with Crippen molar-refractivity contribution in [3.63, 3.8) is 0 Å². The highest BCUT2D eigenvalue weighted by Gasteiger charge is 2.18. The van der Waals surface area contributed by atoms with Crippen molar-refractivity contribution in [3.05, 3.63) is 24.2 Å². The maximum atomic E-state index is 11.3. The van der Waals surface area contributed by atoms with Crippen LogP contribution < -0.4 is 0 Å². The van der Waals surface area contributed by atoms with E-state index in [9.17, 15) is 9.90 Å². The third-order valence-corrected chi connectivity index (χ3v) is 4.78. The Morgan fingerprint density at radius 3 is 1.96 bits per heavy atom. The number of hydrogen-bond acceptors (Lipinski definition) is 2. The number of hydrogen-bond donors (Lipinski definition) is 1. The van der Waals surface area contributed by atoms with Crippen LogP contribution in [-0.2, 0) is 11.2 Å². The standard InChI is InChI=1S/C21H36O3/c1-2-3-4-5-6-7-8-9-10-11-12-13-15-19(21(22)23)18-20-16-14-17-24-20/h14,16-17,19H,2-13,15,18H2,1H3,(H,22,23). The quantitative estimate of drug-likeness (QED) is 0.345. The summed E-state index contributed by atoms with van der Waals surface area (Å²) in [6.07, 6.45) is 18.6. The molecule has 3 heteroatoms. The van der Waals surface area contributed by atoms with Crippen molar-refractivity contribution in [3.8, 4) is 0 Å². The second kappa shape index (κ2) is 14.1. The molecule has 0 aliphatic rings. The zero-order valence-electron chi connectivity index (χ0n) is 15.5. The molecule has 1 atom stereocenters. The molecule has 1 rings (SSSR count). The van der Waals surface area contributed by atoms with Gasteiger partial charge in [-0.05, 0) is 18.6 Å². The lowest BCUT2D eigenvalue weighted by molar-refractivity contribution is -0.142. The van der Waals surface area contributed by atoms with E-state index in [1.807, 2.05) is 12.1 Å². The maximum absolute atomic E-state index is 11.3. The Bertz CT molecular complexity index is 397. The van der Waals surface area contributed by atoms with Gasteiger partial charge in [-0.2, -0.15) is 0 Å². The molecule has 0 bridgehead atoms. The van der Waals surface area contributed by atoms with E-state index in [-0.39, 0.29) is 5.92 Å². The van der Waals surface area contributed by atoms with E-state index in [1.54, 1.807) is 6.26 Å². The third-order valence-electron chi connectivity index (χ3n) is 4.78. The molecule has 0 aliphatic carbocycles. The highest BCUT2D eigenvalue weighted by molar-refractivity contribution is 5.70. The van der Waals surface area contributed by atoms with Crippen LogP contribution in [0.15, 0.2) is 22.8 Å². The van der Waals surface area contributed by atoms with E-state index < -0.39 is 5.97 Å². The Morgan fingerprint density at radius 2 is 1.50 bits per heavy atom. The van der Waals surface area contributed by atoms with Crippen LogP contribution in [0.3, 0.4) is 0 Å². The summed E-state index contributed by atoms with van der Waals surface area (Å²) in [5, 5.41) is 9.31. The summed E-state index contributed by atoms with van der Waals surface area (Å²) in [6.45, 7) is 2.26. The lowest BCUT2D eigenvalue weighted by atomic mass is 9.96. The molecule has 0 spiro atoms. The van der Waals surface area contributed by atoms with Crippen molar-refractivity contribution < 1.29 is 14.3 Å². The molecule has 0 saturated carbocycles. The Labute approximate surface area is 147 Å². The van der Waals surface area contributed by atoms with E-state index >= 15 is 0 Å². The summed E-state index contributed by atoms with van der Waals surface area (Å²) >= 11 is 0. The van der Waals surface area contributed by atoms with Gasteiger partial charge in [0.15, 0.2) is 0 Å². The van der Waals surface area contributed by atoms with Crippen LogP contribution in [0.5, 0.6) is 0 Å². The predicted molar refractivity (Wildman–Crippen MR) is 99.2 cm³/mol. The van der Waals surface area contributed by atoms with Gasteiger partial charge in [0.05, 0.1) is 12.2 Å².